The summed E-state index contributed by atoms with van der Waals surface area (Å²) >= 11 is 3.55. The molecule has 30 heavy (non-hydrogen) atoms. The highest BCUT2D eigenvalue weighted by atomic mass is 79.9. The number of carbonyl (C=O) groups excluding carboxylic acids is 1. The summed E-state index contributed by atoms with van der Waals surface area (Å²) in [7, 11) is 1.60. The van der Waals surface area contributed by atoms with Crippen molar-refractivity contribution in [3.05, 3.63) is 94.0 Å². The topological polar surface area (TPSA) is 51.1 Å². The van der Waals surface area contributed by atoms with Crippen LogP contribution in [0.15, 0.2) is 82.4 Å². The standard InChI is InChI=1S/C24H19BrN2O3/c1-29-18-10-7-16(8-11-18)23(28)24-27-21(19-13-17(25)9-12-22(19)30-24)14-20(26-27)15-5-3-2-4-6-15/h2-13,21,24H,14H2,1H3/t21-,24+/m1/s1. The molecule has 0 unspecified atom stereocenters. The van der Waals surface area contributed by atoms with Crippen LogP contribution in [0.2, 0.25) is 0 Å². The lowest BCUT2D eigenvalue weighted by atomic mass is 9.96. The van der Waals surface area contributed by atoms with Gasteiger partial charge in [0.25, 0.3) is 6.23 Å². The monoisotopic (exact) mass is 462 g/mol. The molecule has 0 N–H and O–H groups in total. The highest BCUT2D eigenvalue weighted by Crippen LogP contribution is 2.44. The molecule has 0 bridgehead atoms. The molecule has 0 amide bonds. The van der Waals surface area contributed by atoms with Gasteiger partial charge in [-0.25, -0.2) is 5.01 Å². The molecule has 0 fully saturated rings. The molecule has 2 aliphatic rings. The van der Waals surface area contributed by atoms with Gasteiger partial charge in [0.1, 0.15) is 11.5 Å². The van der Waals surface area contributed by atoms with Gasteiger partial charge in [0.15, 0.2) is 0 Å². The second kappa shape index (κ2) is 7.61. The highest BCUT2D eigenvalue weighted by Gasteiger charge is 2.43. The number of hydrazone groups is 1. The summed E-state index contributed by atoms with van der Waals surface area (Å²) in [6.45, 7) is 0. The molecule has 3 aromatic carbocycles. The van der Waals surface area contributed by atoms with E-state index in [0.717, 1.165) is 27.1 Å². The second-order valence-electron chi connectivity index (χ2n) is 7.26. The molecule has 0 spiro atoms. The third-order valence-electron chi connectivity index (χ3n) is 5.46. The van der Waals surface area contributed by atoms with Gasteiger partial charge < -0.3 is 9.47 Å². The van der Waals surface area contributed by atoms with Gasteiger partial charge in [0.05, 0.1) is 18.9 Å². The van der Waals surface area contributed by atoms with Crippen molar-refractivity contribution in [1.82, 2.24) is 5.01 Å². The number of methoxy groups -OCH3 is 1. The van der Waals surface area contributed by atoms with Gasteiger partial charge >= 0.3 is 0 Å². The number of hydrogen-bond donors (Lipinski definition) is 0. The van der Waals surface area contributed by atoms with E-state index in [-0.39, 0.29) is 11.8 Å². The van der Waals surface area contributed by atoms with Crippen LogP contribution in [-0.2, 0) is 0 Å². The zero-order valence-electron chi connectivity index (χ0n) is 16.3. The number of ketones is 1. The quantitative estimate of drug-likeness (QED) is 0.499. The molecule has 5 nitrogen and oxygen atoms in total. The Morgan fingerprint density at radius 1 is 1.10 bits per heavy atom. The molecular formula is C24H19BrN2O3. The largest absolute Gasteiger partial charge is 0.497 e. The molecule has 6 heteroatoms. The Hall–Kier alpha value is -3.12. The van der Waals surface area contributed by atoms with E-state index in [2.05, 4.69) is 15.9 Å². The van der Waals surface area contributed by atoms with Crippen molar-refractivity contribution in [2.45, 2.75) is 18.7 Å². The zero-order valence-corrected chi connectivity index (χ0v) is 17.9. The summed E-state index contributed by atoms with van der Waals surface area (Å²) in [5, 5.41) is 6.64. The first-order chi connectivity index (χ1) is 14.6. The van der Waals surface area contributed by atoms with Gasteiger partial charge in [0, 0.05) is 22.0 Å². The van der Waals surface area contributed by atoms with Gasteiger partial charge in [0.2, 0.25) is 5.78 Å². The van der Waals surface area contributed by atoms with Crippen molar-refractivity contribution in [3.63, 3.8) is 0 Å². The first-order valence-corrected chi connectivity index (χ1v) is 10.5. The predicted octanol–water partition coefficient (Wildman–Crippen LogP) is 5.21. The minimum atomic E-state index is -0.821. The average Bonchev–Trinajstić information content (AvgIpc) is 3.25. The van der Waals surface area contributed by atoms with Crippen LogP contribution in [0.4, 0.5) is 0 Å². The van der Waals surface area contributed by atoms with Crippen molar-refractivity contribution in [2.75, 3.05) is 7.11 Å². The van der Waals surface area contributed by atoms with Crippen LogP contribution in [0.1, 0.15) is 33.9 Å². The van der Waals surface area contributed by atoms with Crippen LogP contribution in [0.5, 0.6) is 11.5 Å². The van der Waals surface area contributed by atoms with E-state index in [4.69, 9.17) is 14.6 Å². The average molecular weight is 463 g/mol. The molecule has 0 saturated heterocycles. The molecule has 5 rings (SSSR count). The lowest BCUT2D eigenvalue weighted by molar-refractivity contribution is -0.00459. The maximum absolute atomic E-state index is 13.4. The third-order valence-corrected chi connectivity index (χ3v) is 5.95. The fourth-order valence-electron chi connectivity index (χ4n) is 3.93. The van der Waals surface area contributed by atoms with Gasteiger partial charge in [-0.15, -0.1) is 0 Å². The SMILES string of the molecule is COc1ccc(C(=O)[C@@H]2Oc3ccc(Br)cc3[C@H]3CC(c4ccccc4)=NN32)cc1. The third kappa shape index (κ3) is 3.27. The molecule has 2 atom stereocenters. The lowest BCUT2D eigenvalue weighted by Gasteiger charge is -2.37. The molecule has 0 radical (unpaired) electrons. The predicted molar refractivity (Wildman–Crippen MR) is 118 cm³/mol. The number of halogens is 1. The molecule has 0 saturated carbocycles. The minimum Gasteiger partial charge on any atom is -0.497 e. The number of rotatable bonds is 4. The Bertz CT molecular complexity index is 1130. The molecule has 0 aliphatic carbocycles. The first kappa shape index (κ1) is 18.9. The van der Waals surface area contributed by atoms with Crippen LogP contribution < -0.4 is 9.47 Å². The summed E-state index contributed by atoms with van der Waals surface area (Å²) in [5.41, 5.74) is 3.59. The van der Waals surface area contributed by atoms with E-state index in [1.807, 2.05) is 53.5 Å². The Morgan fingerprint density at radius 3 is 2.60 bits per heavy atom. The summed E-state index contributed by atoms with van der Waals surface area (Å²) in [4.78, 5) is 13.4. The number of hydrogen-bond acceptors (Lipinski definition) is 5. The Balaban J connectivity index is 1.55. The summed E-state index contributed by atoms with van der Waals surface area (Å²) in [6.07, 6.45) is -0.110. The maximum Gasteiger partial charge on any atom is 0.251 e. The van der Waals surface area contributed by atoms with Crippen LogP contribution in [0, 0.1) is 0 Å². The van der Waals surface area contributed by atoms with Gasteiger partial charge in [-0.05, 0) is 48.0 Å². The number of carbonyl (C=O) groups is 1. The molecule has 2 aliphatic heterocycles. The van der Waals surface area contributed by atoms with E-state index in [0.29, 0.717) is 17.7 Å². The highest BCUT2D eigenvalue weighted by molar-refractivity contribution is 9.10. The van der Waals surface area contributed by atoms with E-state index < -0.39 is 6.23 Å². The summed E-state index contributed by atoms with van der Waals surface area (Å²) < 4.78 is 12.4. The molecule has 150 valence electrons. The van der Waals surface area contributed by atoms with Crippen LogP contribution in [0.25, 0.3) is 0 Å². The minimum absolute atomic E-state index is 0.0614. The van der Waals surface area contributed by atoms with Gasteiger partial charge in [-0.3, -0.25) is 4.79 Å². The van der Waals surface area contributed by atoms with E-state index >= 15 is 0 Å². The lowest BCUT2D eigenvalue weighted by Crippen LogP contribution is -2.45. The number of benzene rings is 3. The fourth-order valence-corrected chi connectivity index (χ4v) is 4.31. The zero-order chi connectivity index (χ0) is 20.7. The first-order valence-electron chi connectivity index (χ1n) is 9.69. The Labute approximate surface area is 183 Å². The number of ether oxygens (including phenoxy) is 2. The smallest absolute Gasteiger partial charge is 0.251 e. The molecule has 0 aromatic heterocycles. The van der Waals surface area contributed by atoms with Crippen molar-refractivity contribution in [3.8, 4) is 11.5 Å². The Morgan fingerprint density at radius 2 is 1.87 bits per heavy atom. The molecular weight excluding hydrogens is 444 g/mol. The second-order valence-corrected chi connectivity index (χ2v) is 8.17. The summed E-state index contributed by atoms with van der Waals surface area (Å²) in [5.74, 6) is 1.29. The van der Waals surface area contributed by atoms with E-state index in [1.54, 1.807) is 31.4 Å². The van der Waals surface area contributed by atoms with Crippen molar-refractivity contribution < 1.29 is 14.3 Å². The number of Topliss-reactive ketones (excluding diaryl/α,β-unsaturated/α-hetero) is 1. The van der Waals surface area contributed by atoms with Crippen molar-refractivity contribution in [2.24, 2.45) is 5.10 Å². The van der Waals surface area contributed by atoms with Crippen LogP contribution >= 0.6 is 15.9 Å². The number of nitrogens with zero attached hydrogens (tertiary/aromatic N) is 2. The van der Waals surface area contributed by atoms with E-state index in [1.165, 1.54) is 0 Å². The van der Waals surface area contributed by atoms with Gasteiger partial charge in [-0.1, -0.05) is 46.3 Å². The molecule has 3 aromatic rings. The van der Waals surface area contributed by atoms with Crippen molar-refractivity contribution >= 4 is 27.4 Å². The van der Waals surface area contributed by atoms with Gasteiger partial charge in [-0.2, -0.15) is 5.10 Å². The van der Waals surface area contributed by atoms with Crippen molar-refractivity contribution in [1.29, 1.82) is 0 Å². The molecule has 2 heterocycles. The van der Waals surface area contributed by atoms with Crippen LogP contribution in [0.3, 0.4) is 0 Å². The fraction of sp³-hybridized carbons (Fsp3) is 0.167. The normalized spacial score (nSPS) is 19.4. The van der Waals surface area contributed by atoms with E-state index in [9.17, 15) is 4.79 Å². The maximum atomic E-state index is 13.4. The summed E-state index contributed by atoms with van der Waals surface area (Å²) in [6, 6.07) is 23.0. The number of fused-ring (bicyclic) bond motifs is 3. The van der Waals surface area contributed by atoms with Crippen LogP contribution in [-0.4, -0.2) is 29.8 Å². The Kier molecular flexibility index (Phi) is 4.79.